The highest BCUT2D eigenvalue weighted by Gasteiger charge is 2.50. The van der Waals surface area contributed by atoms with Crippen LogP contribution in [-0.2, 0) is 8.85 Å². The minimum atomic E-state index is -3.32. The summed E-state index contributed by atoms with van der Waals surface area (Å²) in [5.74, 6) is 0.495. The van der Waals surface area contributed by atoms with Gasteiger partial charge in [0.15, 0.2) is 0 Å². The van der Waals surface area contributed by atoms with Crippen LogP contribution in [0.1, 0.15) is 50.7 Å². The Morgan fingerprint density at radius 1 is 0.467 bits per heavy atom. The third-order valence-electron chi connectivity index (χ3n) is 8.94. The summed E-state index contributed by atoms with van der Waals surface area (Å²) >= 11 is 12.6. The summed E-state index contributed by atoms with van der Waals surface area (Å²) in [5.41, 5.74) is 11.7. The van der Waals surface area contributed by atoms with E-state index in [1.807, 2.05) is 38.5 Å². The first-order valence-electron chi connectivity index (χ1n) is 15.4. The molecule has 2 nitrogen and oxygen atoms in total. The fraction of sp³-hybridized carbons (Fsp3) is 0.200. The monoisotopic (exact) mass is 648 g/mol. The fourth-order valence-corrected chi connectivity index (χ4v) is 10.9. The second-order valence-corrected chi connectivity index (χ2v) is 16.1. The SMILES string of the molecule is CO[Si](OC)(c1c2ccccc(-c3ccc(Cl)cc3)c-2cc1C(C)C)c1c2ccccc(-c3ccc(Cl)cc3)c-2cc1C(C)C. The van der Waals surface area contributed by atoms with Gasteiger partial charge in [-0.1, -0.05) is 136 Å². The average Bonchev–Trinajstić information content (AvgIpc) is 3.44. The Morgan fingerprint density at radius 3 is 1.11 bits per heavy atom. The maximum Gasteiger partial charge on any atom is 0.408 e. The van der Waals surface area contributed by atoms with Crippen LogP contribution in [0, 0.1) is 0 Å². The highest BCUT2D eigenvalue weighted by atomic mass is 35.5. The van der Waals surface area contributed by atoms with E-state index >= 15 is 0 Å². The van der Waals surface area contributed by atoms with Gasteiger partial charge in [-0.05, 0) is 91.7 Å². The van der Waals surface area contributed by atoms with Gasteiger partial charge in [-0.2, -0.15) is 0 Å². The van der Waals surface area contributed by atoms with Crippen molar-refractivity contribution in [3.63, 3.8) is 0 Å². The maximum atomic E-state index is 6.84. The summed E-state index contributed by atoms with van der Waals surface area (Å²) in [6.07, 6.45) is 0. The highest BCUT2D eigenvalue weighted by molar-refractivity contribution is 6.95. The molecule has 0 saturated carbocycles. The van der Waals surface area contributed by atoms with Gasteiger partial charge in [0, 0.05) is 34.6 Å². The van der Waals surface area contributed by atoms with Crippen molar-refractivity contribution in [2.45, 2.75) is 39.5 Å². The lowest BCUT2D eigenvalue weighted by Gasteiger charge is -2.32. The molecule has 2 aromatic carbocycles. The number of rotatable bonds is 8. The van der Waals surface area contributed by atoms with Crippen molar-refractivity contribution in [2.24, 2.45) is 0 Å². The number of hydrogen-bond donors (Lipinski definition) is 0. The largest absolute Gasteiger partial charge is 0.408 e. The van der Waals surface area contributed by atoms with E-state index in [0.29, 0.717) is 0 Å². The van der Waals surface area contributed by atoms with Gasteiger partial charge in [0.05, 0.1) is 0 Å². The van der Waals surface area contributed by atoms with E-state index in [1.165, 1.54) is 32.6 Å². The topological polar surface area (TPSA) is 18.5 Å². The molecule has 0 spiro atoms. The Morgan fingerprint density at radius 2 is 0.800 bits per heavy atom. The number of fused-ring (bicyclic) bond motifs is 2. The summed E-state index contributed by atoms with van der Waals surface area (Å²) in [6, 6.07) is 38.2. The maximum absolute atomic E-state index is 6.84. The molecule has 2 aromatic rings. The third kappa shape index (κ3) is 5.52. The van der Waals surface area contributed by atoms with Crippen LogP contribution in [0.4, 0.5) is 0 Å². The first kappa shape index (κ1) is 31.5. The normalized spacial score (nSPS) is 12.1. The molecule has 5 heteroatoms. The summed E-state index contributed by atoms with van der Waals surface area (Å²) in [7, 11) is 0.339. The Bertz CT molecular complexity index is 1750. The second kappa shape index (κ2) is 12.7. The van der Waals surface area contributed by atoms with Crippen molar-refractivity contribution in [1.29, 1.82) is 0 Å². The van der Waals surface area contributed by atoms with Crippen molar-refractivity contribution in [2.75, 3.05) is 14.2 Å². The number of halogens is 2. The van der Waals surface area contributed by atoms with E-state index in [4.69, 9.17) is 32.1 Å². The number of hydrogen-bond acceptors (Lipinski definition) is 2. The van der Waals surface area contributed by atoms with E-state index in [9.17, 15) is 0 Å². The molecule has 0 aromatic heterocycles. The molecule has 6 rings (SSSR count). The van der Waals surface area contributed by atoms with E-state index in [1.54, 1.807) is 0 Å². The van der Waals surface area contributed by atoms with Gasteiger partial charge >= 0.3 is 8.56 Å². The van der Waals surface area contributed by atoms with Gasteiger partial charge in [0.2, 0.25) is 0 Å². The summed E-state index contributed by atoms with van der Waals surface area (Å²) in [4.78, 5) is 0. The van der Waals surface area contributed by atoms with Crippen LogP contribution in [0.15, 0.2) is 109 Å². The molecule has 0 fully saturated rings. The molecule has 0 radical (unpaired) electrons. The van der Waals surface area contributed by atoms with Crippen molar-refractivity contribution in [1.82, 2.24) is 0 Å². The predicted molar refractivity (Wildman–Crippen MR) is 194 cm³/mol. The van der Waals surface area contributed by atoms with E-state index in [2.05, 4.69) is 113 Å². The zero-order valence-electron chi connectivity index (χ0n) is 26.6. The Balaban J connectivity index is 1.67. The molecule has 4 aliphatic rings. The van der Waals surface area contributed by atoms with Crippen LogP contribution in [0.3, 0.4) is 0 Å². The molecule has 0 heterocycles. The molecular formula is C40H38Cl2O2Si. The first-order chi connectivity index (χ1) is 21.7. The molecule has 4 aliphatic carbocycles. The highest BCUT2D eigenvalue weighted by Crippen LogP contribution is 2.42. The Labute approximate surface area is 278 Å². The average molecular weight is 650 g/mol. The summed E-state index contributed by atoms with van der Waals surface area (Å²) in [5, 5.41) is 3.81. The van der Waals surface area contributed by atoms with Gasteiger partial charge in [-0.15, -0.1) is 0 Å². The van der Waals surface area contributed by atoms with Crippen molar-refractivity contribution >= 4 is 42.1 Å². The van der Waals surface area contributed by atoms with Crippen LogP contribution >= 0.6 is 23.2 Å². The molecule has 228 valence electrons. The smallest absolute Gasteiger partial charge is 0.391 e. The second-order valence-electron chi connectivity index (χ2n) is 12.2. The molecule has 0 amide bonds. The number of benzene rings is 2. The minimum absolute atomic E-state index is 0.248. The third-order valence-corrected chi connectivity index (χ3v) is 13.0. The van der Waals surface area contributed by atoms with E-state index in [-0.39, 0.29) is 11.8 Å². The van der Waals surface area contributed by atoms with Crippen LogP contribution in [0.2, 0.25) is 10.0 Å². The standard InChI is InChI=1S/C40H38Cl2O2Si/c1-25(2)35-23-37-31(27-15-19-29(41)20-16-27)11-7-9-13-33(37)39(35)45(43-5,44-6)40-34-14-10-8-12-32(28-17-21-30(42)22-18-28)38(34)24-36(40)26(3)4/h7-26H,1-6H3. The van der Waals surface area contributed by atoms with Crippen molar-refractivity contribution < 1.29 is 8.85 Å². The Kier molecular flexibility index (Phi) is 8.93. The van der Waals surface area contributed by atoms with Gasteiger partial charge in [-0.25, -0.2) is 0 Å². The zero-order chi connectivity index (χ0) is 31.9. The molecular weight excluding hydrogens is 611 g/mol. The Hall–Kier alpha value is -3.44. The van der Waals surface area contributed by atoms with Crippen molar-refractivity contribution in [3.05, 3.63) is 130 Å². The molecule has 0 aliphatic heterocycles. The molecule has 0 bridgehead atoms. The summed E-state index contributed by atoms with van der Waals surface area (Å²) < 4.78 is 13.7. The summed E-state index contributed by atoms with van der Waals surface area (Å²) in [6.45, 7) is 9.04. The minimum Gasteiger partial charge on any atom is -0.391 e. The lowest BCUT2D eigenvalue weighted by Crippen LogP contribution is -2.64. The lowest BCUT2D eigenvalue weighted by molar-refractivity contribution is 0.272. The van der Waals surface area contributed by atoms with Crippen molar-refractivity contribution in [3.8, 4) is 44.5 Å². The molecule has 45 heavy (non-hydrogen) atoms. The first-order valence-corrected chi connectivity index (χ1v) is 18.0. The van der Waals surface area contributed by atoms with Gasteiger partial charge in [0.25, 0.3) is 0 Å². The lowest BCUT2D eigenvalue weighted by atomic mass is 10.00. The molecule has 0 saturated heterocycles. The quantitative estimate of drug-likeness (QED) is 0.153. The fourth-order valence-electron chi connectivity index (χ4n) is 6.79. The van der Waals surface area contributed by atoms with Crippen LogP contribution < -0.4 is 10.4 Å². The molecule has 0 unspecified atom stereocenters. The van der Waals surface area contributed by atoms with Gasteiger partial charge in [0.1, 0.15) is 0 Å². The van der Waals surface area contributed by atoms with Gasteiger partial charge in [-0.3, -0.25) is 0 Å². The molecule has 0 atom stereocenters. The molecule has 0 N–H and O–H groups in total. The van der Waals surface area contributed by atoms with E-state index < -0.39 is 8.56 Å². The van der Waals surface area contributed by atoms with E-state index in [0.717, 1.165) is 43.4 Å². The van der Waals surface area contributed by atoms with Crippen LogP contribution in [0.5, 0.6) is 0 Å². The van der Waals surface area contributed by atoms with Gasteiger partial charge < -0.3 is 8.85 Å². The zero-order valence-corrected chi connectivity index (χ0v) is 29.1. The van der Waals surface area contributed by atoms with Crippen LogP contribution in [0.25, 0.3) is 44.5 Å². The van der Waals surface area contributed by atoms with Crippen LogP contribution in [-0.4, -0.2) is 22.8 Å². The predicted octanol–water partition coefficient (Wildman–Crippen LogP) is 10.6.